The van der Waals surface area contributed by atoms with Crippen molar-refractivity contribution in [2.24, 2.45) is 11.7 Å². The molecule has 0 fully saturated rings. The molecule has 7 nitrogen and oxygen atoms in total. The normalized spacial score (nSPS) is 12.2. The zero-order valence-electron chi connectivity index (χ0n) is 14.9. The van der Waals surface area contributed by atoms with Crippen LogP contribution in [-0.4, -0.2) is 32.0 Å². The number of amides is 3. The zero-order valence-corrected chi connectivity index (χ0v) is 16.5. The third-order valence-electron chi connectivity index (χ3n) is 3.61. The number of primary amides is 1. The van der Waals surface area contributed by atoms with Crippen LogP contribution in [0.25, 0.3) is 11.4 Å². The number of urea groups is 1. The molecule has 0 unspecified atom stereocenters. The predicted molar refractivity (Wildman–Crippen MR) is 103 cm³/mol. The van der Waals surface area contributed by atoms with Crippen LogP contribution in [0.1, 0.15) is 27.2 Å². The Kier molecular flexibility index (Phi) is 7.05. The fourth-order valence-corrected chi connectivity index (χ4v) is 3.60. The number of nitrogens with one attached hydrogen (secondary N) is 1. The van der Waals surface area contributed by atoms with Gasteiger partial charge in [0.1, 0.15) is 0 Å². The van der Waals surface area contributed by atoms with Crippen LogP contribution in [0.5, 0.6) is 0 Å². The van der Waals surface area contributed by atoms with Gasteiger partial charge < -0.3 is 10.3 Å². The summed E-state index contributed by atoms with van der Waals surface area (Å²) in [5.41, 5.74) is 5.96. The minimum absolute atomic E-state index is 0.0230. The Hall–Kier alpha value is -2.06. The van der Waals surface area contributed by atoms with Gasteiger partial charge in [0.15, 0.2) is 11.0 Å². The highest BCUT2D eigenvalue weighted by molar-refractivity contribution is 8.00. The molecule has 0 spiro atoms. The fraction of sp³-hybridized carbons (Fsp3) is 0.412. The van der Waals surface area contributed by atoms with Crippen LogP contribution >= 0.6 is 23.4 Å². The molecular formula is C17H22ClN5O2S. The first-order valence-electron chi connectivity index (χ1n) is 8.29. The van der Waals surface area contributed by atoms with Crippen molar-refractivity contribution in [2.75, 3.05) is 0 Å². The quantitative estimate of drug-likeness (QED) is 0.700. The molecule has 1 aromatic carbocycles. The summed E-state index contributed by atoms with van der Waals surface area (Å²) in [5, 5.41) is 11.5. The minimum atomic E-state index is -0.863. The van der Waals surface area contributed by atoms with E-state index in [1.807, 2.05) is 30.5 Å². The number of hydrogen-bond donors (Lipinski definition) is 2. The number of halogens is 1. The Morgan fingerprint density at radius 2 is 1.92 bits per heavy atom. The van der Waals surface area contributed by atoms with E-state index in [1.54, 1.807) is 12.1 Å². The standard InChI is InChI=1S/C17H22ClN5O2S/c1-4-9-23-14(11-5-7-12(18)8-6-11)21-22-17(23)26-13(10(2)3)15(24)20-16(19)25/h5-8,10,13H,4,9H2,1-3H3,(H3,19,20,24,25)/t13-/m1/s1. The number of nitrogens with two attached hydrogens (primary N) is 1. The molecule has 1 atom stereocenters. The second-order valence-corrected chi connectivity index (χ2v) is 7.65. The van der Waals surface area contributed by atoms with Gasteiger partial charge in [-0.3, -0.25) is 10.1 Å². The number of aromatic nitrogens is 3. The van der Waals surface area contributed by atoms with E-state index in [9.17, 15) is 9.59 Å². The van der Waals surface area contributed by atoms with Gasteiger partial charge in [-0.25, -0.2) is 4.79 Å². The van der Waals surface area contributed by atoms with Crippen molar-refractivity contribution in [1.82, 2.24) is 20.1 Å². The van der Waals surface area contributed by atoms with Gasteiger partial charge in [0, 0.05) is 17.1 Å². The van der Waals surface area contributed by atoms with E-state index in [0.29, 0.717) is 22.5 Å². The maximum absolute atomic E-state index is 12.3. The SMILES string of the molecule is CCCn1c(S[C@@H](C(=O)NC(N)=O)C(C)C)nnc1-c1ccc(Cl)cc1. The highest BCUT2D eigenvalue weighted by Crippen LogP contribution is 2.30. The van der Waals surface area contributed by atoms with Crippen molar-refractivity contribution in [2.45, 2.75) is 44.1 Å². The Balaban J connectivity index is 2.34. The van der Waals surface area contributed by atoms with Gasteiger partial charge in [0.25, 0.3) is 0 Å². The van der Waals surface area contributed by atoms with E-state index in [1.165, 1.54) is 11.8 Å². The molecule has 0 saturated carbocycles. The summed E-state index contributed by atoms with van der Waals surface area (Å²) in [4.78, 5) is 23.3. The zero-order chi connectivity index (χ0) is 19.3. The van der Waals surface area contributed by atoms with Gasteiger partial charge in [-0.1, -0.05) is 44.1 Å². The predicted octanol–water partition coefficient (Wildman–Crippen LogP) is 3.32. The molecule has 0 radical (unpaired) electrons. The molecule has 1 heterocycles. The molecule has 2 rings (SSSR count). The second-order valence-electron chi connectivity index (χ2n) is 6.10. The number of hydrogen-bond acceptors (Lipinski definition) is 5. The van der Waals surface area contributed by atoms with E-state index >= 15 is 0 Å². The van der Waals surface area contributed by atoms with Crippen molar-refractivity contribution in [3.63, 3.8) is 0 Å². The average molecular weight is 396 g/mol. The van der Waals surface area contributed by atoms with Crippen LogP contribution in [-0.2, 0) is 11.3 Å². The van der Waals surface area contributed by atoms with Gasteiger partial charge in [-0.15, -0.1) is 10.2 Å². The average Bonchev–Trinajstić information content (AvgIpc) is 2.95. The summed E-state index contributed by atoms with van der Waals surface area (Å²) in [5.74, 6) is 0.255. The number of carbonyl (C=O) groups is 2. The summed E-state index contributed by atoms with van der Waals surface area (Å²) < 4.78 is 1.97. The van der Waals surface area contributed by atoms with E-state index < -0.39 is 17.2 Å². The number of imide groups is 1. The second kappa shape index (κ2) is 9.05. The molecule has 2 aromatic rings. The van der Waals surface area contributed by atoms with Crippen molar-refractivity contribution >= 4 is 35.3 Å². The van der Waals surface area contributed by atoms with Crippen molar-refractivity contribution in [1.29, 1.82) is 0 Å². The van der Waals surface area contributed by atoms with Gasteiger partial charge in [-0.05, 0) is 36.6 Å². The van der Waals surface area contributed by atoms with E-state index in [4.69, 9.17) is 17.3 Å². The van der Waals surface area contributed by atoms with Gasteiger partial charge >= 0.3 is 6.03 Å². The smallest absolute Gasteiger partial charge is 0.318 e. The maximum Gasteiger partial charge on any atom is 0.318 e. The Labute approximate surface area is 161 Å². The first-order chi connectivity index (χ1) is 12.3. The lowest BCUT2D eigenvalue weighted by atomic mass is 10.1. The third-order valence-corrected chi connectivity index (χ3v) is 5.39. The first-order valence-corrected chi connectivity index (χ1v) is 9.55. The largest absolute Gasteiger partial charge is 0.351 e. The Bertz CT molecular complexity index is 776. The fourth-order valence-electron chi connectivity index (χ4n) is 2.41. The van der Waals surface area contributed by atoms with Crippen LogP contribution in [0, 0.1) is 5.92 Å². The molecule has 3 N–H and O–H groups in total. The molecule has 3 amide bonds. The van der Waals surface area contributed by atoms with Crippen LogP contribution < -0.4 is 11.1 Å². The maximum atomic E-state index is 12.3. The molecular weight excluding hydrogens is 374 g/mol. The molecule has 0 aliphatic carbocycles. The molecule has 0 aliphatic rings. The number of benzene rings is 1. The van der Waals surface area contributed by atoms with Crippen LogP contribution in [0.4, 0.5) is 4.79 Å². The summed E-state index contributed by atoms with van der Waals surface area (Å²) in [7, 11) is 0. The highest BCUT2D eigenvalue weighted by atomic mass is 35.5. The summed E-state index contributed by atoms with van der Waals surface area (Å²) in [6.45, 7) is 6.56. The number of rotatable bonds is 7. The molecule has 0 aliphatic heterocycles. The van der Waals surface area contributed by atoms with Crippen LogP contribution in [0.2, 0.25) is 5.02 Å². The van der Waals surface area contributed by atoms with E-state index in [0.717, 1.165) is 12.0 Å². The summed E-state index contributed by atoms with van der Waals surface area (Å²) in [6.07, 6.45) is 0.881. The van der Waals surface area contributed by atoms with Gasteiger partial charge in [-0.2, -0.15) is 0 Å². The first kappa shape index (κ1) is 20.3. The van der Waals surface area contributed by atoms with Crippen LogP contribution in [0.15, 0.2) is 29.4 Å². The number of thioether (sulfide) groups is 1. The lowest BCUT2D eigenvalue weighted by Crippen LogP contribution is -2.42. The monoisotopic (exact) mass is 395 g/mol. The van der Waals surface area contributed by atoms with E-state index in [2.05, 4.69) is 22.4 Å². The minimum Gasteiger partial charge on any atom is -0.351 e. The molecule has 1 aromatic heterocycles. The highest BCUT2D eigenvalue weighted by Gasteiger charge is 2.27. The molecule has 0 saturated heterocycles. The molecule has 26 heavy (non-hydrogen) atoms. The van der Waals surface area contributed by atoms with Crippen molar-refractivity contribution in [3.8, 4) is 11.4 Å². The summed E-state index contributed by atoms with van der Waals surface area (Å²) >= 11 is 7.23. The summed E-state index contributed by atoms with van der Waals surface area (Å²) in [6, 6.07) is 6.50. The topological polar surface area (TPSA) is 103 Å². The van der Waals surface area contributed by atoms with E-state index in [-0.39, 0.29) is 5.92 Å². The van der Waals surface area contributed by atoms with Crippen molar-refractivity contribution in [3.05, 3.63) is 29.3 Å². The lowest BCUT2D eigenvalue weighted by Gasteiger charge is -2.19. The van der Waals surface area contributed by atoms with Crippen molar-refractivity contribution < 1.29 is 9.59 Å². The van der Waals surface area contributed by atoms with Gasteiger partial charge in [0.05, 0.1) is 5.25 Å². The van der Waals surface area contributed by atoms with Gasteiger partial charge in [0.2, 0.25) is 5.91 Å². The van der Waals surface area contributed by atoms with Crippen LogP contribution in [0.3, 0.4) is 0 Å². The Morgan fingerprint density at radius 1 is 1.27 bits per heavy atom. The molecule has 140 valence electrons. The number of nitrogens with zero attached hydrogens (tertiary/aromatic N) is 3. The molecule has 9 heteroatoms. The third kappa shape index (κ3) is 4.98. The Morgan fingerprint density at radius 3 is 2.46 bits per heavy atom. The molecule has 0 bridgehead atoms. The number of carbonyl (C=O) groups excluding carboxylic acids is 2. The lowest BCUT2D eigenvalue weighted by molar-refractivity contribution is -0.120.